The minimum Gasteiger partial charge on any atom is -0.357 e. The molecule has 134 valence electrons. The average Bonchev–Trinajstić information content (AvgIpc) is 2.89. The third-order valence-electron chi connectivity index (χ3n) is 3.57. The number of hydrogen-bond acceptors (Lipinski definition) is 3. The molecule has 0 aromatic carbocycles. The predicted molar refractivity (Wildman–Crippen MR) is 109 cm³/mol. The van der Waals surface area contributed by atoms with Crippen LogP contribution in [-0.4, -0.2) is 54.4 Å². The van der Waals surface area contributed by atoms with Crippen LogP contribution >= 0.6 is 24.0 Å². The number of rotatable bonds is 9. The maximum absolute atomic E-state index is 4.73. The summed E-state index contributed by atoms with van der Waals surface area (Å²) < 4.78 is 1.84. The fourth-order valence-electron chi connectivity index (χ4n) is 2.28. The number of likely N-dealkylation sites (N-methyl/N-ethyl adjacent to an activating group) is 1. The van der Waals surface area contributed by atoms with Crippen molar-refractivity contribution in [3.05, 3.63) is 18.0 Å². The van der Waals surface area contributed by atoms with Gasteiger partial charge in [0.25, 0.3) is 0 Å². The zero-order chi connectivity index (χ0) is 16.4. The first-order valence-electron chi connectivity index (χ1n) is 8.25. The molecule has 1 unspecified atom stereocenters. The van der Waals surface area contributed by atoms with Gasteiger partial charge in [0.15, 0.2) is 5.96 Å². The molecule has 0 amide bonds. The molecule has 1 aromatic rings. The van der Waals surface area contributed by atoms with E-state index in [1.807, 2.05) is 17.9 Å². The van der Waals surface area contributed by atoms with E-state index in [4.69, 9.17) is 4.99 Å². The molecule has 0 aliphatic heterocycles. The Morgan fingerprint density at radius 3 is 2.57 bits per heavy atom. The monoisotopic (exact) mass is 436 g/mol. The van der Waals surface area contributed by atoms with E-state index in [1.165, 1.54) is 24.8 Å². The average molecular weight is 436 g/mol. The fraction of sp³-hybridized carbons (Fsp3) is 0.750. The van der Waals surface area contributed by atoms with Crippen molar-refractivity contribution in [2.45, 2.75) is 39.2 Å². The highest BCUT2D eigenvalue weighted by atomic mass is 127. The van der Waals surface area contributed by atoms with Gasteiger partial charge in [-0.05, 0) is 27.4 Å². The van der Waals surface area contributed by atoms with Crippen LogP contribution in [0.4, 0.5) is 0 Å². The maximum Gasteiger partial charge on any atom is 0.191 e. The van der Waals surface area contributed by atoms with Crippen LogP contribution in [0.3, 0.4) is 0 Å². The third kappa shape index (κ3) is 8.55. The van der Waals surface area contributed by atoms with Gasteiger partial charge in [-0.25, -0.2) is 0 Å². The summed E-state index contributed by atoms with van der Waals surface area (Å²) in [6.07, 6.45) is 7.64. The largest absolute Gasteiger partial charge is 0.357 e. The molecule has 0 aliphatic carbocycles. The lowest BCUT2D eigenvalue weighted by molar-refractivity contribution is 0.306. The topological polar surface area (TPSA) is 57.5 Å². The lowest BCUT2D eigenvalue weighted by atomic mass is 10.1. The third-order valence-corrected chi connectivity index (χ3v) is 3.57. The summed E-state index contributed by atoms with van der Waals surface area (Å²) in [5.74, 6) is 0.898. The predicted octanol–water partition coefficient (Wildman–Crippen LogP) is 2.39. The van der Waals surface area contributed by atoms with Gasteiger partial charge < -0.3 is 15.5 Å². The van der Waals surface area contributed by atoms with Gasteiger partial charge in [0.2, 0.25) is 0 Å². The fourth-order valence-corrected chi connectivity index (χ4v) is 2.28. The number of guanidine groups is 1. The molecule has 1 rings (SSSR count). The minimum atomic E-state index is 0. The van der Waals surface area contributed by atoms with Gasteiger partial charge >= 0.3 is 0 Å². The molecular weight excluding hydrogens is 403 g/mol. The number of aromatic nitrogens is 2. The number of unbranched alkanes of at least 4 members (excludes halogenated alkanes) is 2. The van der Waals surface area contributed by atoms with Gasteiger partial charge in [0.1, 0.15) is 0 Å². The summed E-state index contributed by atoms with van der Waals surface area (Å²) in [5.41, 5.74) is 1.19. The van der Waals surface area contributed by atoms with E-state index >= 15 is 0 Å². The maximum atomic E-state index is 4.73. The van der Waals surface area contributed by atoms with Crippen molar-refractivity contribution < 1.29 is 0 Å². The number of hydrogen-bond donors (Lipinski definition) is 2. The lowest BCUT2D eigenvalue weighted by Gasteiger charge is -2.22. The summed E-state index contributed by atoms with van der Waals surface area (Å²) in [7, 11) is 6.10. The number of halogens is 1. The Kier molecular flexibility index (Phi) is 12.1. The van der Waals surface area contributed by atoms with Gasteiger partial charge in [0.05, 0.1) is 18.8 Å². The molecule has 7 heteroatoms. The van der Waals surface area contributed by atoms with Crippen LogP contribution in [0, 0.1) is 0 Å². The number of aryl methyl sites for hydroxylation is 1. The molecule has 23 heavy (non-hydrogen) atoms. The molecule has 0 bridgehead atoms. The van der Waals surface area contributed by atoms with Crippen LogP contribution in [0.25, 0.3) is 0 Å². The molecule has 2 N–H and O–H groups in total. The van der Waals surface area contributed by atoms with Crippen molar-refractivity contribution in [3.8, 4) is 0 Å². The number of aliphatic imine (C=N–C) groups is 1. The van der Waals surface area contributed by atoms with E-state index in [2.05, 4.69) is 54.8 Å². The molecule has 0 aliphatic rings. The molecule has 0 saturated heterocycles. The normalized spacial score (nSPS) is 12.9. The highest BCUT2D eigenvalue weighted by Crippen LogP contribution is 2.17. The summed E-state index contributed by atoms with van der Waals surface area (Å²) in [6.45, 7) is 6.86. The molecule has 1 heterocycles. The highest BCUT2D eigenvalue weighted by Gasteiger charge is 2.15. The standard InChI is InChI=1S/C16H32N6.HI/c1-6-8-9-10-18-16(17-7-2)19-12-15(21(3)4)14-11-20-22(5)13-14;/h11,13,15H,6-10,12H2,1-5H3,(H2,17,18,19);1H. The molecule has 0 saturated carbocycles. The van der Waals surface area contributed by atoms with Gasteiger partial charge in [-0.15, -0.1) is 24.0 Å². The first kappa shape index (κ1) is 22.2. The molecular formula is C16H33IN6. The van der Waals surface area contributed by atoms with Crippen LogP contribution in [-0.2, 0) is 7.05 Å². The quantitative estimate of drug-likeness (QED) is 0.270. The number of nitrogens with one attached hydrogen (secondary N) is 2. The van der Waals surface area contributed by atoms with Crippen molar-refractivity contribution in [3.63, 3.8) is 0 Å². The first-order chi connectivity index (χ1) is 10.6. The Labute approximate surface area is 158 Å². The Balaban J connectivity index is 0.00000484. The smallest absolute Gasteiger partial charge is 0.191 e. The van der Waals surface area contributed by atoms with E-state index in [9.17, 15) is 0 Å². The Hall–Kier alpha value is -0.830. The van der Waals surface area contributed by atoms with Gasteiger partial charge in [-0.1, -0.05) is 19.8 Å². The molecule has 0 radical (unpaired) electrons. The molecule has 1 atom stereocenters. The first-order valence-corrected chi connectivity index (χ1v) is 8.25. The summed E-state index contributed by atoms with van der Waals surface area (Å²) in [5, 5.41) is 11.0. The second-order valence-corrected chi connectivity index (χ2v) is 5.78. The zero-order valence-corrected chi connectivity index (χ0v) is 17.5. The Morgan fingerprint density at radius 1 is 1.30 bits per heavy atom. The van der Waals surface area contributed by atoms with Crippen LogP contribution in [0.5, 0.6) is 0 Å². The molecule has 1 aromatic heterocycles. The SMILES string of the molecule is CCCCCNC(=NCC(c1cnn(C)c1)N(C)C)NCC.I. The Morgan fingerprint density at radius 2 is 2.04 bits per heavy atom. The van der Waals surface area contributed by atoms with Crippen molar-refractivity contribution in [2.24, 2.45) is 12.0 Å². The molecule has 0 spiro atoms. The van der Waals surface area contributed by atoms with Crippen molar-refractivity contribution in [1.29, 1.82) is 0 Å². The van der Waals surface area contributed by atoms with Crippen LogP contribution in [0.2, 0.25) is 0 Å². The molecule has 6 nitrogen and oxygen atoms in total. The van der Waals surface area contributed by atoms with Crippen molar-refractivity contribution in [2.75, 3.05) is 33.7 Å². The van der Waals surface area contributed by atoms with E-state index < -0.39 is 0 Å². The van der Waals surface area contributed by atoms with E-state index in [-0.39, 0.29) is 30.0 Å². The lowest BCUT2D eigenvalue weighted by Crippen LogP contribution is -2.38. The second kappa shape index (κ2) is 12.6. The van der Waals surface area contributed by atoms with E-state index in [0.29, 0.717) is 6.54 Å². The highest BCUT2D eigenvalue weighted by molar-refractivity contribution is 14.0. The molecule has 0 fully saturated rings. The Bertz CT molecular complexity index is 444. The van der Waals surface area contributed by atoms with Crippen LogP contribution < -0.4 is 10.6 Å². The minimum absolute atomic E-state index is 0. The summed E-state index contributed by atoms with van der Waals surface area (Å²) in [4.78, 5) is 6.92. The van der Waals surface area contributed by atoms with Gasteiger partial charge in [-0.2, -0.15) is 5.10 Å². The summed E-state index contributed by atoms with van der Waals surface area (Å²) in [6, 6.07) is 0.236. The van der Waals surface area contributed by atoms with Gasteiger partial charge in [0, 0.05) is 31.9 Å². The summed E-state index contributed by atoms with van der Waals surface area (Å²) >= 11 is 0. The van der Waals surface area contributed by atoms with Crippen LogP contribution in [0.1, 0.15) is 44.7 Å². The van der Waals surface area contributed by atoms with Crippen molar-refractivity contribution in [1.82, 2.24) is 25.3 Å². The van der Waals surface area contributed by atoms with E-state index in [0.717, 1.165) is 19.0 Å². The second-order valence-electron chi connectivity index (χ2n) is 5.78. The van der Waals surface area contributed by atoms with Gasteiger partial charge in [-0.3, -0.25) is 9.67 Å². The number of nitrogens with zero attached hydrogens (tertiary/aromatic N) is 4. The van der Waals surface area contributed by atoms with Crippen LogP contribution in [0.15, 0.2) is 17.4 Å². The van der Waals surface area contributed by atoms with Crippen molar-refractivity contribution >= 4 is 29.9 Å². The zero-order valence-electron chi connectivity index (χ0n) is 15.2. The van der Waals surface area contributed by atoms with E-state index in [1.54, 1.807) is 0 Å².